The zero-order chi connectivity index (χ0) is 13.2. The minimum Gasteiger partial charge on any atom is -0.304 e. The monoisotopic (exact) mass is 291 g/mol. The van der Waals surface area contributed by atoms with Crippen LogP contribution in [0.1, 0.15) is 36.3 Å². The van der Waals surface area contributed by atoms with Crippen LogP contribution >= 0.6 is 23.1 Å². The number of nitrogens with one attached hydrogen (secondary N) is 1. The summed E-state index contributed by atoms with van der Waals surface area (Å²) in [6.07, 6.45) is 4.86. The van der Waals surface area contributed by atoms with Crippen molar-refractivity contribution in [1.82, 2.24) is 15.3 Å². The van der Waals surface area contributed by atoms with Crippen molar-refractivity contribution in [2.45, 2.75) is 42.3 Å². The van der Waals surface area contributed by atoms with Crippen molar-refractivity contribution in [3.63, 3.8) is 0 Å². The van der Waals surface area contributed by atoms with E-state index in [1.807, 2.05) is 42.4 Å². The second-order valence-corrected chi connectivity index (χ2v) is 7.53. The molecule has 0 fully saturated rings. The molecule has 0 radical (unpaired) electrons. The van der Waals surface area contributed by atoms with Crippen LogP contribution in [-0.4, -0.2) is 15.2 Å². The molecule has 0 aliphatic carbocycles. The van der Waals surface area contributed by atoms with Crippen molar-refractivity contribution in [2.75, 3.05) is 0 Å². The van der Waals surface area contributed by atoms with Crippen molar-refractivity contribution >= 4 is 23.1 Å². The van der Waals surface area contributed by atoms with E-state index in [9.17, 15) is 0 Å². The van der Waals surface area contributed by atoms with Gasteiger partial charge in [-0.05, 0) is 30.4 Å². The lowest BCUT2D eigenvalue weighted by atomic mass is 10.0. The SMILES string of the molecule is Cc1cnc(CNC2C[C@H](C)Sc3sccc32)cn1. The molecule has 3 rings (SSSR count). The van der Waals surface area contributed by atoms with Gasteiger partial charge >= 0.3 is 0 Å². The highest BCUT2D eigenvalue weighted by Crippen LogP contribution is 2.43. The van der Waals surface area contributed by atoms with Crippen molar-refractivity contribution in [2.24, 2.45) is 0 Å². The summed E-state index contributed by atoms with van der Waals surface area (Å²) in [5, 5.41) is 6.49. The Morgan fingerprint density at radius 2 is 2.26 bits per heavy atom. The van der Waals surface area contributed by atoms with Crippen LogP contribution in [0.2, 0.25) is 0 Å². The molecule has 1 aliphatic rings. The van der Waals surface area contributed by atoms with Crippen molar-refractivity contribution in [3.05, 3.63) is 40.8 Å². The van der Waals surface area contributed by atoms with Crippen LogP contribution in [-0.2, 0) is 6.54 Å². The second kappa shape index (κ2) is 5.61. The topological polar surface area (TPSA) is 37.8 Å². The normalized spacial score (nSPS) is 22.2. The minimum atomic E-state index is 0.445. The second-order valence-electron chi connectivity index (χ2n) is 4.91. The summed E-state index contributed by atoms with van der Waals surface area (Å²) < 4.78 is 1.46. The van der Waals surface area contributed by atoms with Crippen molar-refractivity contribution in [3.8, 4) is 0 Å². The molecule has 0 bridgehead atoms. The van der Waals surface area contributed by atoms with E-state index in [0.717, 1.165) is 17.9 Å². The maximum Gasteiger partial charge on any atom is 0.0724 e. The molecule has 5 heteroatoms. The van der Waals surface area contributed by atoms with Gasteiger partial charge in [-0.15, -0.1) is 23.1 Å². The fourth-order valence-corrected chi connectivity index (χ4v) is 4.85. The predicted octanol–water partition coefficient (Wildman–Crippen LogP) is 3.56. The smallest absolute Gasteiger partial charge is 0.0724 e. The Kier molecular flexibility index (Phi) is 3.86. The first-order valence-corrected chi connectivity index (χ1v) is 8.23. The van der Waals surface area contributed by atoms with Crippen LogP contribution in [0.4, 0.5) is 0 Å². The first kappa shape index (κ1) is 13.1. The lowest BCUT2D eigenvalue weighted by Crippen LogP contribution is -2.26. The molecule has 0 amide bonds. The highest BCUT2D eigenvalue weighted by Gasteiger charge is 2.25. The summed E-state index contributed by atoms with van der Waals surface area (Å²) in [6, 6.07) is 2.69. The lowest BCUT2D eigenvalue weighted by molar-refractivity contribution is 0.484. The summed E-state index contributed by atoms with van der Waals surface area (Å²) in [7, 11) is 0. The van der Waals surface area contributed by atoms with E-state index in [4.69, 9.17) is 0 Å². The molecule has 0 spiro atoms. The number of thiophene rings is 1. The Morgan fingerprint density at radius 1 is 1.37 bits per heavy atom. The molecule has 2 aromatic rings. The molecule has 0 saturated carbocycles. The Labute approximate surface area is 121 Å². The largest absolute Gasteiger partial charge is 0.304 e. The number of thioether (sulfide) groups is 1. The molecule has 3 nitrogen and oxygen atoms in total. The molecular weight excluding hydrogens is 274 g/mol. The zero-order valence-electron chi connectivity index (χ0n) is 11.1. The van der Waals surface area contributed by atoms with Gasteiger partial charge in [0.25, 0.3) is 0 Å². The van der Waals surface area contributed by atoms with E-state index in [2.05, 4.69) is 33.7 Å². The van der Waals surface area contributed by atoms with Gasteiger partial charge < -0.3 is 5.32 Å². The van der Waals surface area contributed by atoms with Crippen LogP contribution in [0.5, 0.6) is 0 Å². The van der Waals surface area contributed by atoms with Gasteiger partial charge in [-0.25, -0.2) is 0 Å². The van der Waals surface area contributed by atoms with E-state index >= 15 is 0 Å². The number of aryl methyl sites for hydroxylation is 1. The van der Waals surface area contributed by atoms with Crippen LogP contribution in [0.25, 0.3) is 0 Å². The van der Waals surface area contributed by atoms with Crippen molar-refractivity contribution < 1.29 is 0 Å². The first-order chi connectivity index (χ1) is 9.22. The van der Waals surface area contributed by atoms with E-state index in [1.165, 1.54) is 16.2 Å². The molecule has 3 heterocycles. The van der Waals surface area contributed by atoms with Crippen LogP contribution in [0.15, 0.2) is 28.0 Å². The third-order valence-corrected chi connectivity index (χ3v) is 5.62. The Balaban J connectivity index is 1.69. The molecule has 0 saturated heterocycles. The van der Waals surface area contributed by atoms with E-state index in [-0.39, 0.29) is 0 Å². The molecule has 2 aromatic heterocycles. The van der Waals surface area contributed by atoms with Gasteiger partial charge in [-0.1, -0.05) is 6.92 Å². The standard InChI is InChI=1S/C14H17N3S2/c1-9-6-16-11(7-15-9)8-17-13-5-10(2)19-14-12(13)3-4-18-14/h3-4,6-7,10,13,17H,5,8H2,1-2H3/t10-,13?/m0/s1. The van der Waals surface area contributed by atoms with Gasteiger partial charge in [0.05, 0.1) is 15.6 Å². The van der Waals surface area contributed by atoms with Crippen molar-refractivity contribution in [1.29, 1.82) is 0 Å². The highest BCUT2D eigenvalue weighted by atomic mass is 32.2. The van der Waals surface area contributed by atoms with Gasteiger partial charge in [0.1, 0.15) is 0 Å². The molecule has 1 aliphatic heterocycles. The molecule has 0 aromatic carbocycles. The number of rotatable bonds is 3. The zero-order valence-corrected chi connectivity index (χ0v) is 12.7. The average molecular weight is 291 g/mol. The number of hydrogen-bond acceptors (Lipinski definition) is 5. The summed E-state index contributed by atoms with van der Waals surface area (Å²) in [5.41, 5.74) is 3.42. The van der Waals surface area contributed by atoms with E-state index in [1.54, 1.807) is 0 Å². The van der Waals surface area contributed by atoms with E-state index < -0.39 is 0 Å². The molecule has 1 unspecified atom stereocenters. The molecule has 1 N–H and O–H groups in total. The lowest BCUT2D eigenvalue weighted by Gasteiger charge is -2.27. The van der Waals surface area contributed by atoms with Crippen LogP contribution < -0.4 is 5.32 Å². The Hall–Kier alpha value is -0.910. The van der Waals surface area contributed by atoms with Gasteiger partial charge in [0.15, 0.2) is 0 Å². The predicted molar refractivity (Wildman–Crippen MR) is 80.6 cm³/mol. The van der Waals surface area contributed by atoms with Gasteiger partial charge in [0.2, 0.25) is 0 Å². The number of aromatic nitrogens is 2. The minimum absolute atomic E-state index is 0.445. The molecular formula is C14H17N3S2. The maximum absolute atomic E-state index is 4.40. The summed E-state index contributed by atoms with van der Waals surface area (Å²) in [6.45, 7) is 5.04. The Morgan fingerprint density at radius 3 is 3.05 bits per heavy atom. The van der Waals surface area contributed by atoms with E-state index in [0.29, 0.717) is 11.3 Å². The van der Waals surface area contributed by atoms with Crippen LogP contribution in [0.3, 0.4) is 0 Å². The summed E-state index contributed by atoms with van der Waals surface area (Å²) in [4.78, 5) is 8.69. The number of fused-ring (bicyclic) bond motifs is 1. The highest BCUT2D eigenvalue weighted by molar-refractivity contribution is 8.01. The number of nitrogens with zero attached hydrogens (tertiary/aromatic N) is 2. The third kappa shape index (κ3) is 2.99. The third-order valence-electron chi connectivity index (χ3n) is 3.27. The van der Waals surface area contributed by atoms with Gasteiger partial charge in [0, 0.05) is 30.2 Å². The number of hydrogen-bond donors (Lipinski definition) is 1. The molecule has 2 atom stereocenters. The fraction of sp³-hybridized carbons (Fsp3) is 0.429. The summed E-state index contributed by atoms with van der Waals surface area (Å²) >= 11 is 3.85. The Bertz CT molecular complexity index is 550. The molecule has 100 valence electrons. The summed E-state index contributed by atoms with van der Waals surface area (Å²) in [5.74, 6) is 0. The first-order valence-electron chi connectivity index (χ1n) is 6.47. The van der Waals surface area contributed by atoms with Crippen LogP contribution in [0, 0.1) is 6.92 Å². The molecule has 19 heavy (non-hydrogen) atoms. The quantitative estimate of drug-likeness (QED) is 0.938. The van der Waals surface area contributed by atoms with Gasteiger partial charge in [-0.3, -0.25) is 9.97 Å². The van der Waals surface area contributed by atoms with Gasteiger partial charge in [-0.2, -0.15) is 0 Å². The fourth-order valence-electron chi connectivity index (χ4n) is 2.28. The average Bonchev–Trinajstić information content (AvgIpc) is 2.85. The maximum atomic E-state index is 4.40.